The molecule has 4 atom stereocenters. The van der Waals surface area contributed by atoms with Crippen molar-refractivity contribution in [3.05, 3.63) is 125 Å². The molecule has 232 valence electrons. The number of phenolic OH excluding ortho intramolecular Hbond substituents is 1. The Morgan fingerprint density at radius 2 is 1.43 bits per heavy atom. The highest BCUT2D eigenvalue weighted by atomic mass is 32.2. The third-order valence-electron chi connectivity index (χ3n) is 8.25. The fraction of sp³-hybridized carbons (Fsp3) is 0.206. The number of ether oxygens (including phenoxy) is 2. The second-order valence-electron chi connectivity index (χ2n) is 11.1. The number of hydrogen-bond acceptors (Lipinski definition) is 10. The Labute approximate surface area is 268 Å². The number of anilines is 1. The van der Waals surface area contributed by atoms with Crippen LogP contribution in [0.15, 0.2) is 102 Å². The number of nitrogens with zero attached hydrogens (tertiary/aromatic N) is 5. The highest BCUT2D eigenvalue weighted by Gasteiger charge is 2.40. The lowest BCUT2D eigenvalue weighted by atomic mass is 9.91. The van der Waals surface area contributed by atoms with Crippen molar-refractivity contribution in [1.82, 2.24) is 20.2 Å². The smallest absolute Gasteiger partial charge is 0.266 e. The first-order valence-corrected chi connectivity index (χ1v) is 15.7. The number of hydrogen-bond donors (Lipinski definition) is 2. The van der Waals surface area contributed by atoms with Crippen molar-refractivity contribution in [3.63, 3.8) is 0 Å². The normalized spacial score (nSPS) is 21.0. The zero-order chi connectivity index (χ0) is 31.8. The summed E-state index contributed by atoms with van der Waals surface area (Å²) in [5, 5.41) is 32.0. The van der Waals surface area contributed by atoms with E-state index in [2.05, 4.69) is 22.4 Å². The van der Waals surface area contributed by atoms with Crippen molar-refractivity contribution in [3.8, 4) is 11.4 Å². The van der Waals surface area contributed by atoms with Gasteiger partial charge in [-0.1, -0.05) is 67.2 Å². The third kappa shape index (κ3) is 5.56. The fourth-order valence-electron chi connectivity index (χ4n) is 5.70. The van der Waals surface area contributed by atoms with Crippen LogP contribution in [0.5, 0.6) is 5.75 Å². The number of amides is 2. The predicted octanol–water partition coefficient (Wildman–Crippen LogP) is 5.24. The number of benzene rings is 4. The highest BCUT2D eigenvalue weighted by Crippen LogP contribution is 2.43. The first-order chi connectivity index (χ1) is 22.4. The van der Waals surface area contributed by atoms with Gasteiger partial charge < -0.3 is 19.7 Å². The van der Waals surface area contributed by atoms with Crippen molar-refractivity contribution >= 4 is 29.3 Å². The summed E-state index contributed by atoms with van der Waals surface area (Å²) in [5.74, 6) is -0.121. The molecule has 2 aliphatic heterocycles. The topological polar surface area (TPSA) is 140 Å². The zero-order valence-corrected chi connectivity index (χ0v) is 25.4. The number of aromatic hydroxyl groups is 1. The van der Waals surface area contributed by atoms with Gasteiger partial charge in [0, 0.05) is 17.2 Å². The standard InChI is InChI=1S/C34H29N5O6S/c1-20-29(19-46-34-35-36-37-39(34)25-14-16-26(41)17-15-25)44-33(45-30(20)22-8-6-21(18-40)7-9-22)23-10-12-24(13-11-23)38-31(42)27-4-2-3-5-28(27)32(38)43/h2-17,20,29-30,33,40-41H,18-19H2,1H3/t20-,29+,30+,33+/m0/s1. The molecular formula is C34H29N5O6S. The molecule has 2 N–H and O–H groups in total. The maximum absolute atomic E-state index is 13.0. The van der Waals surface area contributed by atoms with Crippen LogP contribution in [-0.4, -0.2) is 54.1 Å². The summed E-state index contributed by atoms with van der Waals surface area (Å²) in [6.45, 7) is 2.02. The molecule has 1 aromatic heterocycles. The predicted molar refractivity (Wildman–Crippen MR) is 169 cm³/mol. The van der Waals surface area contributed by atoms with E-state index in [9.17, 15) is 19.8 Å². The summed E-state index contributed by atoms with van der Waals surface area (Å²) < 4.78 is 14.7. The van der Waals surface area contributed by atoms with Crippen molar-refractivity contribution in [2.45, 2.75) is 37.2 Å². The van der Waals surface area contributed by atoms with Gasteiger partial charge in [-0.2, -0.15) is 4.68 Å². The van der Waals surface area contributed by atoms with Gasteiger partial charge in [-0.05, 0) is 70.1 Å². The summed E-state index contributed by atoms with van der Waals surface area (Å²) in [5.41, 5.74) is 4.43. The van der Waals surface area contributed by atoms with E-state index >= 15 is 0 Å². The Balaban J connectivity index is 1.14. The van der Waals surface area contributed by atoms with Crippen LogP contribution in [0.25, 0.3) is 5.69 Å². The average Bonchev–Trinajstić information content (AvgIpc) is 3.66. The van der Waals surface area contributed by atoms with Crippen LogP contribution in [0.1, 0.15) is 56.7 Å². The summed E-state index contributed by atoms with van der Waals surface area (Å²) in [4.78, 5) is 27.2. The lowest BCUT2D eigenvalue weighted by Crippen LogP contribution is -2.38. The van der Waals surface area contributed by atoms with Crippen LogP contribution < -0.4 is 4.90 Å². The van der Waals surface area contributed by atoms with Crippen LogP contribution in [-0.2, 0) is 16.1 Å². The van der Waals surface area contributed by atoms with E-state index in [4.69, 9.17) is 9.47 Å². The minimum atomic E-state index is -0.742. The molecule has 4 aromatic carbocycles. The zero-order valence-electron chi connectivity index (χ0n) is 24.6. The van der Waals surface area contributed by atoms with E-state index in [0.29, 0.717) is 33.4 Å². The molecule has 0 spiro atoms. The van der Waals surface area contributed by atoms with Gasteiger partial charge in [0.25, 0.3) is 11.8 Å². The van der Waals surface area contributed by atoms with Crippen molar-refractivity contribution in [2.75, 3.05) is 10.7 Å². The summed E-state index contributed by atoms with van der Waals surface area (Å²) >= 11 is 1.45. The van der Waals surface area contributed by atoms with Gasteiger partial charge in [-0.3, -0.25) is 9.59 Å². The molecular weight excluding hydrogens is 606 g/mol. The van der Waals surface area contributed by atoms with Gasteiger partial charge in [0.1, 0.15) is 5.75 Å². The molecule has 1 saturated heterocycles. The quantitative estimate of drug-likeness (QED) is 0.172. The molecule has 1 fully saturated rings. The van der Waals surface area contributed by atoms with Crippen LogP contribution in [0.4, 0.5) is 5.69 Å². The fourth-order valence-corrected chi connectivity index (χ4v) is 6.75. The van der Waals surface area contributed by atoms with E-state index in [1.165, 1.54) is 16.7 Å². The average molecular weight is 636 g/mol. The monoisotopic (exact) mass is 635 g/mol. The van der Waals surface area contributed by atoms with Gasteiger partial charge >= 0.3 is 0 Å². The molecule has 0 unspecified atom stereocenters. The first kappa shape index (κ1) is 29.8. The number of fused-ring (bicyclic) bond motifs is 1. The Kier molecular flexibility index (Phi) is 8.09. The van der Waals surface area contributed by atoms with E-state index < -0.39 is 6.29 Å². The van der Waals surface area contributed by atoms with Crippen LogP contribution in [0, 0.1) is 5.92 Å². The second kappa shape index (κ2) is 12.5. The van der Waals surface area contributed by atoms with Crippen LogP contribution >= 0.6 is 11.8 Å². The van der Waals surface area contributed by atoms with Gasteiger partial charge in [-0.15, -0.1) is 5.10 Å². The van der Waals surface area contributed by atoms with Gasteiger partial charge in [0.15, 0.2) is 6.29 Å². The van der Waals surface area contributed by atoms with Gasteiger partial charge in [-0.25, -0.2) is 4.90 Å². The van der Waals surface area contributed by atoms with E-state index in [1.807, 2.05) is 24.3 Å². The molecule has 0 aliphatic carbocycles. The van der Waals surface area contributed by atoms with Gasteiger partial charge in [0.05, 0.1) is 41.3 Å². The molecule has 0 bridgehead atoms. The Hall–Kier alpha value is -4.88. The van der Waals surface area contributed by atoms with Crippen molar-refractivity contribution in [2.24, 2.45) is 5.92 Å². The first-order valence-electron chi connectivity index (χ1n) is 14.7. The lowest BCUT2D eigenvalue weighted by Gasteiger charge is -2.41. The molecule has 2 aliphatic rings. The van der Waals surface area contributed by atoms with E-state index in [0.717, 1.165) is 16.7 Å². The third-order valence-corrected chi connectivity index (χ3v) is 9.26. The lowest BCUT2D eigenvalue weighted by molar-refractivity contribution is -0.268. The maximum atomic E-state index is 13.0. The number of rotatable bonds is 8. The van der Waals surface area contributed by atoms with Crippen LogP contribution in [0.2, 0.25) is 0 Å². The summed E-state index contributed by atoms with van der Waals surface area (Å²) in [7, 11) is 0. The second-order valence-corrected chi connectivity index (χ2v) is 12.1. The minimum Gasteiger partial charge on any atom is -0.508 e. The summed E-state index contributed by atoms with van der Waals surface area (Å²) in [6, 6.07) is 28.1. The maximum Gasteiger partial charge on any atom is 0.266 e. The number of phenols is 1. The van der Waals surface area contributed by atoms with Crippen LogP contribution in [0.3, 0.4) is 0 Å². The van der Waals surface area contributed by atoms with Crippen molar-refractivity contribution < 1.29 is 29.3 Å². The summed E-state index contributed by atoms with van der Waals surface area (Å²) in [6.07, 6.45) is -1.36. The number of aliphatic hydroxyl groups excluding tert-OH is 1. The number of tetrazole rings is 1. The van der Waals surface area contributed by atoms with E-state index in [-0.39, 0.29) is 42.3 Å². The number of carbonyl (C=O) groups excluding carboxylic acids is 2. The minimum absolute atomic E-state index is 0.0540. The molecule has 3 heterocycles. The molecule has 12 heteroatoms. The molecule has 2 amide bonds. The molecule has 0 saturated carbocycles. The molecule has 0 radical (unpaired) electrons. The molecule has 46 heavy (non-hydrogen) atoms. The number of aliphatic hydroxyl groups is 1. The largest absolute Gasteiger partial charge is 0.508 e. The van der Waals surface area contributed by atoms with Gasteiger partial charge in [0.2, 0.25) is 5.16 Å². The molecule has 11 nitrogen and oxygen atoms in total. The number of imide groups is 1. The SMILES string of the molecule is C[C@H]1[C@@H](CSc2nnnn2-c2ccc(O)cc2)O[C@@H](c2ccc(N3C(=O)c4ccccc4C3=O)cc2)O[C@H]1c1ccc(CO)cc1. The van der Waals surface area contributed by atoms with E-state index in [1.54, 1.807) is 77.5 Å². The Morgan fingerprint density at radius 1 is 0.804 bits per heavy atom. The Bertz CT molecular complexity index is 1840. The molecule has 5 aromatic rings. The highest BCUT2D eigenvalue weighted by molar-refractivity contribution is 7.99. The number of thioether (sulfide) groups is 1. The molecule has 7 rings (SSSR count). The Morgan fingerprint density at radius 3 is 2.09 bits per heavy atom. The van der Waals surface area contributed by atoms with Crippen molar-refractivity contribution in [1.29, 1.82) is 0 Å². The number of carbonyl (C=O) groups is 2. The number of aromatic nitrogens is 4.